The van der Waals surface area contributed by atoms with Crippen LogP contribution in [0.1, 0.15) is 5.56 Å². The quantitative estimate of drug-likeness (QED) is 0.929. The second-order valence-corrected chi connectivity index (χ2v) is 4.57. The summed E-state index contributed by atoms with van der Waals surface area (Å²) in [5, 5.41) is 12.3. The number of nitrogens with zero attached hydrogens (tertiary/aromatic N) is 1. The van der Waals surface area contributed by atoms with E-state index in [1.165, 1.54) is 0 Å². The summed E-state index contributed by atoms with van der Waals surface area (Å²) in [6.07, 6.45) is 0. The molecule has 0 unspecified atom stereocenters. The molecule has 0 aliphatic heterocycles. The first-order valence-corrected chi connectivity index (χ1v) is 6.13. The molecule has 2 aromatic carbocycles. The zero-order valence-electron chi connectivity index (χ0n) is 9.77. The number of hydrogen-bond donors (Lipinski definition) is 1. The normalized spacial score (nSPS) is 9.61. The summed E-state index contributed by atoms with van der Waals surface area (Å²) in [4.78, 5) is 0. The van der Waals surface area contributed by atoms with Crippen LogP contribution in [0.2, 0.25) is 0 Å². The van der Waals surface area contributed by atoms with Gasteiger partial charge in [-0.1, -0.05) is 22.0 Å². The molecule has 1 N–H and O–H groups in total. The average Bonchev–Trinajstić information content (AvgIpc) is 2.38. The Morgan fingerprint density at radius 1 is 1.22 bits per heavy atom. The lowest BCUT2D eigenvalue weighted by Crippen LogP contribution is -1.94. The molecule has 0 amide bonds. The predicted octanol–water partition coefficient (Wildman–Crippen LogP) is 4.07. The zero-order valence-corrected chi connectivity index (χ0v) is 11.4. The molecule has 2 aromatic rings. The molecule has 0 atom stereocenters. The summed E-state index contributed by atoms with van der Waals surface area (Å²) in [7, 11) is 1.60. The third-order valence-electron chi connectivity index (χ3n) is 2.45. The molecule has 0 saturated carbocycles. The van der Waals surface area contributed by atoms with Gasteiger partial charge in [-0.15, -0.1) is 0 Å². The number of hydrogen-bond acceptors (Lipinski definition) is 3. The molecule has 0 radical (unpaired) electrons. The lowest BCUT2D eigenvalue weighted by atomic mass is 10.1. The summed E-state index contributed by atoms with van der Waals surface area (Å²) < 4.78 is 6.14. The van der Waals surface area contributed by atoms with Crippen molar-refractivity contribution >= 4 is 27.3 Å². The fraction of sp³-hybridized carbons (Fsp3) is 0.0714. The van der Waals surface area contributed by atoms with Crippen LogP contribution >= 0.6 is 15.9 Å². The lowest BCUT2D eigenvalue weighted by molar-refractivity contribution is 0.415. The van der Waals surface area contributed by atoms with Gasteiger partial charge in [0.2, 0.25) is 0 Å². The first-order valence-electron chi connectivity index (χ1n) is 5.33. The summed E-state index contributed by atoms with van der Waals surface area (Å²) in [6, 6.07) is 15.2. The van der Waals surface area contributed by atoms with Crippen molar-refractivity contribution in [2.45, 2.75) is 0 Å². The number of halogens is 1. The molecule has 4 heteroatoms. The van der Waals surface area contributed by atoms with Crippen molar-refractivity contribution in [1.82, 2.24) is 0 Å². The Hall–Kier alpha value is -1.99. The van der Waals surface area contributed by atoms with Crippen LogP contribution in [0.25, 0.3) is 0 Å². The largest absolute Gasteiger partial charge is 0.497 e. The first-order chi connectivity index (χ1) is 8.72. The minimum Gasteiger partial charge on any atom is -0.497 e. The van der Waals surface area contributed by atoms with E-state index >= 15 is 0 Å². The first kappa shape index (κ1) is 12.5. The van der Waals surface area contributed by atoms with Crippen LogP contribution in [0.3, 0.4) is 0 Å². The SMILES string of the molecule is COc1ccc(C#N)c(Nc2cccc(Br)c2)c1. The molecule has 0 saturated heterocycles. The van der Waals surface area contributed by atoms with Gasteiger partial charge in [0.05, 0.1) is 18.4 Å². The molecule has 0 aromatic heterocycles. The highest BCUT2D eigenvalue weighted by Crippen LogP contribution is 2.26. The average molecular weight is 303 g/mol. The van der Waals surface area contributed by atoms with E-state index in [1.807, 2.05) is 24.3 Å². The molecule has 18 heavy (non-hydrogen) atoms. The monoisotopic (exact) mass is 302 g/mol. The van der Waals surface area contributed by atoms with E-state index in [2.05, 4.69) is 27.3 Å². The fourth-order valence-electron chi connectivity index (χ4n) is 1.57. The fourth-order valence-corrected chi connectivity index (χ4v) is 1.97. The topological polar surface area (TPSA) is 45.0 Å². The summed E-state index contributed by atoms with van der Waals surface area (Å²) >= 11 is 3.41. The van der Waals surface area contributed by atoms with Crippen LogP contribution in [0.4, 0.5) is 11.4 Å². The maximum absolute atomic E-state index is 9.07. The number of nitriles is 1. The number of nitrogens with one attached hydrogen (secondary N) is 1. The van der Waals surface area contributed by atoms with E-state index in [0.717, 1.165) is 15.8 Å². The number of methoxy groups -OCH3 is 1. The van der Waals surface area contributed by atoms with Gasteiger partial charge in [-0.2, -0.15) is 5.26 Å². The predicted molar refractivity (Wildman–Crippen MR) is 75.1 cm³/mol. The van der Waals surface area contributed by atoms with E-state index in [1.54, 1.807) is 25.3 Å². The number of anilines is 2. The van der Waals surface area contributed by atoms with Crippen LogP contribution in [-0.2, 0) is 0 Å². The Labute approximate surface area is 114 Å². The van der Waals surface area contributed by atoms with Gasteiger partial charge in [0.25, 0.3) is 0 Å². The van der Waals surface area contributed by atoms with Crippen molar-refractivity contribution < 1.29 is 4.74 Å². The van der Waals surface area contributed by atoms with Crippen LogP contribution in [0.5, 0.6) is 5.75 Å². The van der Waals surface area contributed by atoms with E-state index in [4.69, 9.17) is 10.00 Å². The minimum atomic E-state index is 0.579. The number of rotatable bonds is 3. The molecule has 0 aliphatic carbocycles. The van der Waals surface area contributed by atoms with E-state index in [0.29, 0.717) is 11.3 Å². The van der Waals surface area contributed by atoms with Gasteiger partial charge in [-0.25, -0.2) is 0 Å². The van der Waals surface area contributed by atoms with Gasteiger partial charge in [-0.3, -0.25) is 0 Å². The Morgan fingerprint density at radius 3 is 2.72 bits per heavy atom. The van der Waals surface area contributed by atoms with Crippen molar-refractivity contribution in [3.05, 3.63) is 52.5 Å². The van der Waals surface area contributed by atoms with Crippen molar-refractivity contribution in [2.75, 3.05) is 12.4 Å². The van der Waals surface area contributed by atoms with E-state index < -0.39 is 0 Å². The van der Waals surface area contributed by atoms with Gasteiger partial charge in [0.1, 0.15) is 11.8 Å². The number of benzene rings is 2. The van der Waals surface area contributed by atoms with E-state index in [-0.39, 0.29) is 0 Å². The molecular weight excluding hydrogens is 292 g/mol. The van der Waals surface area contributed by atoms with Gasteiger partial charge in [0, 0.05) is 16.2 Å². The van der Waals surface area contributed by atoms with Crippen molar-refractivity contribution in [3.8, 4) is 11.8 Å². The molecular formula is C14H11BrN2O. The van der Waals surface area contributed by atoms with Crippen molar-refractivity contribution in [3.63, 3.8) is 0 Å². The highest BCUT2D eigenvalue weighted by molar-refractivity contribution is 9.10. The van der Waals surface area contributed by atoms with Crippen molar-refractivity contribution in [2.24, 2.45) is 0 Å². The second kappa shape index (κ2) is 5.56. The Morgan fingerprint density at radius 2 is 2.06 bits per heavy atom. The lowest BCUT2D eigenvalue weighted by Gasteiger charge is -2.10. The molecule has 0 spiro atoms. The minimum absolute atomic E-state index is 0.579. The third kappa shape index (κ3) is 2.82. The molecule has 2 rings (SSSR count). The summed E-state index contributed by atoms with van der Waals surface area (Å²) in [5.74, 6) is 0.714. The molecule has 0 aliphatic rings. The Bertz CT molecular complexity index is 605. The molecule has 3 nitrogen and oxygen atoms in total. The standard InChI is InChI=1S/C14H11BrN2O/c1-18-13-6-5-10(9-16)14(8-13)17-12-4-2-3-11(15)7-12/h2-8,17H,1H3. The van der Waals surface area contributed by atoms with E-state index in [9.17, 15) is 0 Å². The zero-order chi connectivity index (χ0) is 13.0. The van der Waals surface area contributed by atoms with Gasteiger partial charge in [-0.05, 0) is 30.3 Å². The van der Waals surface area contributed by atoms with Gasteiger partial charge in [0.15, 0.2) is 0 Å². The highest BCUT2D eigenvalue weighted by Gasteiger charge is 2.04. The van der Waals surface area contributed by atoms with Gasteiger partial charge < -0.3 is 10.1 Å². The summed E-state index contributed by atoms with van der Waals surface area (Å²) in [5.41, 5.74) is 2.22. The van der Waals surface area contributed by atoms with Crippen LogP contribution in [0, 0.1) is 11.3 Å². The van der Waals surface area contributed by atoms with Gasteiger partial charge >= 0.3 is 0 Å². The summed E-state index contributed by atoms with van der Waals surface area (Å²) in [6.45, 7) is 0. The van der Waals surface area contributed by atoms with Crippen LogP contribution < -0.4 is 10.1 Å². The molecule has 0 heterocycles. The highest BCUT2D eigenvalue weighted by atomic mass is 79.9. The smallest absolute Gasteiger partial charge is 0.121 e. The second-order valence-electron chi connectivity index (χ2n) is 3.66. The Balaban J connectivity index is 2.36. The number of ether oxygens (including phenoxy) is 1. The van der Waals surface area contributed by atoms with Crippen LogP contribution in [0.15, 0.2) is 46.9 Å². The maximum atomic E-state index is 9.07. The van der Waals surface area contributed by atoms with Crippen LogP contribution in [-0.4, -0.2) is 7.11 Å². The van der Waals surface area contributed by atoms with Crippen molar-refractivity contribution in [1.29, 1.82) is 5.26 Å². The molecule has 90 valence electrons. The maximum Gasteiger partial charge on any atom is 0.121 e. The molecule has 0 bridgehead atoms. The third-order valence-corrected chi connectivity index (χ3v) is 2.94. The molecule has 0 fully saturated rings. The Kier molecular flexibility index (Phi) is 3.85.